The summed E-state index contributed by atoms with van der Waals surface area (Å²) in [4.78, 5) is 24.4. The summed E-state index contributed by atoms with van der Waals surface area (Å²) in [6, 6.07) is 11.5. The highest BCUT2D eigenvalue weighted by Gasteiger charge is 2.30. The minimum atomic E-state index is -0.249. The first-order chi connectivity index (χ1) is 15.9. The number of amides is 1. The lowest BCUT2D eigenvalue weighted by Crippen LogP contribution is -2.35. The van der Waals surface area contributed by atoms with E-state index in [4.69, 9.17) is 0 Å². The van der Waals surface area contributed by atoms with Crippen molar-refractivity contribution in [1.82, 2.24) is 14.9 Å². The molecule has 0 unspecified atom stereocenters. The molecule has 2 aromatic carbocycles. The maximum atomic E-state index is 14.1. The van der Waals surface area contributed by atoms with Gasteiger partial charge >= 0.3 is 0 Å². The number of hydrogen-bond acceptors (Lipinski definition) is 3. The van der Waals surface area contributed by atoms with Crippen LogP contribution in [0.4, 0.5) is 4.39 Å². The van der Waals surface area contributed by atoms with Crippen LogP contribution < -0.4 is 0 Å². The van der Waals surface area contributed by atoms with Gasteiger partial charge in [0.2, 0.25) is 0 Å². The van der Waals surface area contributed by atoms with Gasteiger partial charge in [0.15, 0.2) is 0 Å². The van der Waals surface area contributed by atoms with Gasteiger partial charge in [-0.15, -0.1) is 11.3 Å². The summed E-state index contributed by atoms with van der Waals surface area (Å²) < 4.78 is 14.1. The largest absolute Gasteiger partial charge is 0.359 e. The van der Waals surface area contributed by atoms with Crippen LogP contribution in [0.5, 0.6) is 0 Å². The number of hydrogen-bond donors (Lipinski definition) is 1. The van der Waals surface area contributed by atoms with E-state index in [0.717, 1.165) is 32.9 Å². The summed E-state index contributed by atoms with van der Waals surface area (Å²) in [6.07, 6.45) is 4.87. The molecule has 1 fully saturated rings. The molecule has 2 heterocycles. The van der Waals surface area contributed by atoms with Crippen molar-refractivity contribution in [3.8, 4) is 10.4 Å². The van der Waals surface area contributed by atoms with Gasteiger partial charge in [-0.25, -0.2) is 9.37 Å². The fraction of sp³-hybridized carbons (Fsp3) is 0.333. The zero-order valence-corrected chi connectivity index (χ0v) is 20.1. The number of halogens is 1. The number of rotatable bonds is 7. The lowest BCUT2D eigenvalue weighted by molar-refractivity contribution is 0.0745. The van der Waals surface area contributed by atoms with Crippen molar-refractivity contribution in [2.75, 3.05) is 13.1 Å². The first-order valence-corrected chi connectivity index (χ1v) is 12.3. The number of thiazole rings is 1. The van der Waals surface area contributed by atoms with Gasteiger partial charge in [-0.1, -0.05) is 30.3 Å². The maximum Gasteiger partial charge on any atom is 0.274 e. The molecule has 4 nitrogen and oxygen atoms in total. The third-order valence-corrected chi connectivity index (χ3v) is 7.59. The van der Waals surface area contributed by atoms with Gasteiger partial charge < -0.3 is 9.88 Å². The van der Waals surface area contributed by atoms with Crippen molar-refractivity contribution in [1.29, 1.82) is 0 Å². The smallest absolute Gasteiger partial charge is 0.274 e. The standard InChI is InChI=1S/C27H28FN3OS/c1-16-7-10-20(13-17(16)2)26-25(30-18(3)33-26)27(32)31(15-19-8-9-19)12-11-21-14-29-24-22(21)5-4-6-23(24)28/h4-7,10,13-14,19,29H,8-9,11-12,15H2,1-3H3. The lowest BCUT2D eigenvalue weighted by Gasteiger charge is -2.22. The average Bonchev–Trinajstić information content (AvgIpc) is 3.38. The normalized spacial score (nSPS) is 13.6. The van der Waals surface area contributed by atoms with Crippen molar-refractivity contribution >= 4 is 28.1 Å². The Labute approximate surface area is 197 Å². The predicted octanol–water partition coefficient (Wildman–Crippen LogP) is 6.45. The third kappa shape index (κ3) is 4.44. The first-order valence-electron chi connectivity index (χ1n) is 11.5. The molecular formula is C27H28FN3OS. The van der Waals surface area contributed by atoms with Crippen LogP contribution in [0.2, 0.25) is 0 Å². The molecule has 0 radical (unpaired) electrons. The van der Waals surface area contributed by atoms with E-state index in [1.54, 1.807) is 17.4 Å². The van der Waals surface area contributed by atoms with E-state index in [9.17, 15) is 9.18 Å². The Morgan fingerprint density at radius 1 is 1.18 bits per heavy atom. The zero-order chi connectivity index (χ0) is 23.1. The van der Waals surface area contributed by atoms with Crippen molar-refractivity contribution in [3.05, 3.63) is 75.8 Å². The van der Waals surface area contributed by atoms with E-state index in [2.05, 4.69) is 42.0 Å². The van der Waals surface area contributed by atoms with E-state index >= 15 is 0 Å². The molecule has 0 aliphatic heterocycles. The molecule has 1 amide bonds. The number of nitrogens with zero attached hydrogens (tertiary/aromatic N) is 2. The highest BCUT2D eigenvalue weighted by molar-refractivity contribution is 7.15. The first kappa shape index (κ1) is 21.8. The van der Waals surface area contributed by atoms with Crippen LogP contribution in [0.3, 0.4) is 0 Å². The topological polar surface area (TPSA) is 49.0 Å². The van der Waals surface area contributed by atoms with Gasteiger partial charge in [-0.05, 0) is 74.3 Å². The van der Waals surface area contributed by atoms with E-state index in [-0.39, 0.29) is 11.7 Å². The number of fused-ring (bicyclic) bond motifs is 1. The van der Waals surface area contributed by atoms with Gasteiger partial charge in [0, 0.05) is 24.7 Å². The van der Waals surface area contributed by atoms with Crippen LogP contribution in [0.1, 0.15) is 45.0 Å². The Morgan fingerprint density at radius 3 is 2.76 bits per heavy atom. The fourth-order valence-corrected chi connectivity index (χ4v) is 5.23. The fourth-order valence-electron chi connectivity index (χ4n) is 4.33. The molecule has 2 aromatic heterocycles. The molecule has 1 N–H and O–H groups in total. The summed E-state index contributed by atoms with van der Waals surface area (Å²) in [5.74, 6) is 0.310. The maximum absolute atomic E-state index is 14.1. The highest BCUT2D eigenvalue weighted by Crippen LogP contribution is 2.34. The number of para-hydroxylation sites is 1. The van der Waals surface area contributed by atoms with E-state index in [1.165, 1.54) is 30.0 Å². The minimum Gasteiger partial charge on any atom is -0.359 e. The van der Waals surface area contributed by atoms with Crippen LogP contribution in [0.15, 0.2) is 42.6 Å². The van der Waals surface area contributed by atoms with Crippen molar-refractivity contribution < 1.29 is 9.18 Å². The second kappa shape index (κ2) is 8.75. The molecule has 33 heavy (non-hydrogen) atoms. The van der Waals surface area contributed by atoms with E-state index < -0.39 is 0 Å². The Balaban J connectivity index is 1.43. The number of carbonyl (C=O) groups is 1. The molecule has 0 saturated heterocycles. The van der Waals surface area contributed by atoms with Crippen LogP contribution in [0.25, 0.3) is 21.3 Å². The van der Waals surface area contributed by atoms with Crippen LogP contribution >= 0.6 is 11.3 Å². The van der Waals surface area contributed by atoms with Crippen LogP contribution in [-0.2, 0) is 6.42 Å². The van der Waals surface area contributed by atoms with Gasteiger partial charge in [-0.2, -0.15) is 0 Å². The van der Waals surface area contributed by atoms with Gasteiger partial charge in [-0.3, -0.25) is 4.79 Å². The Hall–Kier alpha value is -2.99. The molecular weight excluding hydrogens is 433 g/mol. The monoisotopic (exact) mass is 461 g/mol. The molecule has 0 atom stereocenters. The number of aryl methyl sites for hydroxylation is 3. The number of aromatic nitrogens is 2. The molecule has 4 aromatic rings. The number of aromatic amines is 1. The number of H-pyrrole nitrogens is 1. The van der Waals surface area contributed by atoms with Gasteiger partial charge in [0.25, 0.3) is 5.91 Å². The molecule has 1 aliphatic rings. The predicted molar refractivity (Wildman–Crippen MR) is 132 cm³/mol. The van der Waals surface area contributed by atoms with Crippen molar-refractivity contribution in [2.45, 2.75) is 40.0 Å². The van der Waals surface area contributed by atoms with Gasteiger partial charge in [0.05, 0.1) is 15.4 Å². The number of carbonyl (C=O) groups excluding carboxylic acids is 1. The molecule has 6 heteroatoms. The summed E-state index contributed by atoms with van der Waals surface area (Å²) in [5, 5.41) is 1.78. The molecule has 5 rings (SSSR count). The highest BCUT2D eigenvalue weighted by atomic mass is 32.1. The van der Waals surface area contributed by atoms with Gasteiger partial charge in [0.1, 0.15) is 11.5 Å². The summed E-state index contributed by atoms with van der Waals surface area (Å²) in [6.45, 7) is 7.48. The molecule has 0 spiro atoms. The van der Waals surface area contributed by atoms with Crippen LogP contribution in [-0.4, -0.2) is 33.9 Å². The molecule has 1 aliphatic carbocycles. The second-order valence-corrected chi connectivity index (χ2v) is 10.3. The zero-order valence-electron chi connectivity index (χ0n) is 19.2. The summed E-state index contributed by atoms with van der Waals surface area (Å²) in [5.41, 5.74) is 5.59. The average molecular weight is 462 g/mol. The molecule has 0 bridgehead atoms. The summed E-state index contributed by atoms with van der Waals surface area (Å²) >= 11 is 1.58. The Bertz CT molecular complexity index is 1330. The molecule has 170 valence electrons. The Morgan fingerprint density at radius 2 is 2.00 bits per heavy atom. The van der Waals surface area contributed by atoms with E-state index in [0.29, 0.717) is 30.1 Å². The Kier molecular flexibility index (Phi) is 5.79. The van der Waals surface area contributed by atoms with E-state index in [1.807, 2.05) is 24.1 Å². The third-order valence-electron chi connectivity index (χ3n) is 6.57. The van der Waals surface area contributed by atoms with Crippen molar-refractivity contribution in [2.24, 2.45) is 5.92 Å². The number of benzene rings is 2. The second-order valence-electron chi connectivity index (χ2n) is 9.13. The quantitative estimate of drug-likeness (QED) is 0.344. The van der Waals surface area contributed by atoms with Crippen LogP contribution in [0, 0.1) is 32.5 Å². The van der Waals surface area contributed by atoms with Crippen molar-refractivity contribution in [3.63, 3.8) is 0 Å². The lowest BCUT2D eigenvalue weighted by atomic mass is 10.0. The molecule has 1 saturated carbocycles. The minimum absolute atomic E-state index is 0.00880. The summed E-state index contributed by atoms with van der Waals surface area (Å²) in [7, 11) is 0. The SMILES string of the molecule is Cc1nc(C(=O)N(CCc2c[nH]c3c(F)cccc23)CC2CC2)c(-c2ccc(C)c(C)c2)s1. The number of nitrogens with one attached hydrogen (secondary N) is 1.